The van der Waals surface area contributed by atoms with Gasteiger partial charge < -0.3 is 19.1 Å². The van der Waals surface area contributed by atoms with E-state index in [9.17, 15) is 14.7 Å². The molecule has 1 aromatic heterocycles. The molecule has 0 saturated carbocycles. The molecule has 1 amide bonds. The monoisotopic (exact) mass is 482 g/mol. The Kier molecular flexibility index (Phi) is 5.98. The summed E-state index contributed by atoms with van der Waals surface area (Å²) in [7, 11) is 3.46. The Bertz CT molecular complexity index is 1500. The van der Waals surface area contributed by atoms with Crippen molar-refractivity contribution in [2.75, 3.05) is 18.6 Å². The van der Waals surface area contributed by atoms with Crippen LogP contribution in [0.15, 0.2) is 84.6 Å². The normalized spacial score (nSPS) is 17.1. The van der Waals surface area contributed by atoms with Crippen LogP contribution in [0.3, 0.4) is 0 Å². The number of aliphatic hydroxyl groups excluding tert-OH is 1. The maximum Gasteiger partial charge on any atom is 0.300 e. The number of hydrogen-bond acceptors (Lipinski definition) is 5. The third kappa shape index (κ3) is 3.79. The summed E-state index contributed by atoms with van der Waals surface area (Å²) < 4.78 is 12.8. The van der Waals surface area contributed by atoms with Crippen molar-refractivity contribution in [1.82, 2.24) is 4.57 Å². The Labute approximate surface area is 208 Å². The van der Waals surface area contributed by atoms with E-state index in [1.807, 2.05) is 49.0 Å². The minimum absolute atomic E-state index is 0.0309. The molecule has 1 saturated heterocycles. The summed E-state index contributed by atoms with van der Waals surface area (Å²) in [5.74, 6) is -0.496. The largest absolute Gasteiger partial charge is 0.507 e. The molecule has 1 aliphatic heterocycles. The highest BCUT2D eigenvalue weighted by Crippen LogP contribution is 2.45. The molecule has 0 aliphatic carbocycles. The molecule has 2 heterocycles. The maximum atomic E-state index is 13.5. The van der Waals surface area contributed by atoms with E-state index in [0.717, 1.165) is 16.5 Å². The first kappa shape index (κ1) is 23.2. The van der Waals surface area contributed by atoms with E-state index in [2.05, 4.69) is 0 Å². The molecule has 5 rings (SSSR count). The van der Waals surface area contributed by atoms with Gasteiger partial charge in [-0.25, -0.2) is 0 Å². The minimum atomic E-state index is -0.838. The second kappa shape index (κ2) is 9.26. The van der Waals surface area contributed by atoms with Crippen molar-refractivity contribution in [2.45, 2.75) is 13.0 Å². The molecular formula is C29H26N2O5. The number of carbonyl (C=O) groups is 2. The predicted octanol–water partition coefficient (Wildman–Crippen LogP) is 5.21. The van der Waals surface area contributed by atoms with Gasteiger partial charge in [0.15, 0.2) is 0 Å². The van der Waals surface area contributed by atoms with Crippen molar-refractivity contribution in [3.63, 3.8) is 0 Å². The number of aliphatic hydroxyl groups is 1. The van der Waals surface area contributed by atoms with Crippen LogP contribution >= 0.6 is 0 Å². The van der Waals surface area contributed by atoms with Crippen molar-refractivity contribution in [3.05, 3.63) is 95.7 Å². The van der Waals surface area contributed by atoms with Crippen molar-refractivity contribution in [1.29, 1.82) is 0 Å². The van der Waals surface area contributed by atoms with Crippen LogP contribution in [0, 0.1) is 0 Å². The quantitative estimate of drug-likeness (QED) is 0.232. The molecule has 0 spiro atoms. The standard InChI is InChI=1S/C29H26N2O5/c1-4-36-20-14-12-18(13-15-20)27(32)25-26(23-17-30(2)24-11-6-5-10-22(23)24)31(29(34)28(25)33)19-8-7-9-21(16-19)35-3/h5-17,26,32H,4H2,1-3H3/b27-25+. The van der Waals surface area contributed by atoms with Gasteiger partial charge in [-0.05, 0) is 49.4 Å². The second-order valence-corrected chi connectivity index (χ2v) is 8.54. The van der Waals surface area contributed by atoms with Gasteiger partial charge >= 0.3 is 0 Å². The zero-order chi connectivity index (χ0) is 25.4. The lowest BCUT2D eigenvalue weighted by molar-refractivity contribution is -0.132. The number of anilines is 1. The highest BCUT2D eigenvalue weighted by molar-refractivity contribution is 6.52. The average Bonchev–Trinajstić information content (AvgIpc) is 3.37. The van der Waals surface area contributed by atoms with Gasteiger partial charge in [-0.1, -0.05) is 24.3 Å². The molecule has 0 radical (unpaired) electrons. The van der Waals surface area contributed by atoms with Crippen LogP contribution in [0.1, 0.15) is 24.1 Å². The summed E-state index contributed by atoms with van der Waals surface area (Å²) in [4.78, 5) is 28.4. The first-order valence-corrected chi connectivity index (χ1v) is 11.7. The van der Waals surface area contributed by atoms with Crippen molar-refractivity contribution >= 4 is 34.0 Å². The summed E-state index contributed by atoms with van der Waals surface area (Å²) in [6.07, 6.45) is 1.90. The Hall–Kier alpha value is -4.52. The number of hydrogen-bond donors (Lipinski definition) is 1. The van der Waals surface area contributed by atoms with Gasteiger partial charge in [-0.15, -0.1) is 0 Å². The van der Waals surface area contributed by atoms with Gasteiger partial charge in [0, 0.05) is 47.0 Å². The molecule has 3 aromatic carbocycles. The van der Waals surface area contributed by atoms with Gasteiger partial charge in [0.1, 0.15) is 17.3 Å². The van der Waals surface area contributed by atoms with Crippen LogP contribution in [-0.4, -0.2) is 35.1 Å². The molecule has 1 atom stereocenters. The Morgan fingerprint density at radius 2 is 1.72 bits per heavy atom. The van der Waals surface area contributed by atoms with E-state index < -0.39 is 17.7 Å². The highest BCUT2D eigenvalue weighted by atomic mass is 16.5. The topological polar surface area (TPSA) is 81.0 Å². The van der Waals surface area contributed by atoms with E-state index in [-0.39, 0.29) is 11.3 Å². The first-order valence-electron chi connectivity index (χ1n) is 11.7. The lowest BCUT2D eigenvalue weighted by Gasteiger charge is -2.25. The van der Waals surface area contributed by atoms with Gasteiger partial charge in [-0.3, -0.25) is 14.5 Å². The zero-order valence-electron chi connectivity index (χ0n) is 20.3. The number of para-hydroxylation sites is 1. The number of Topliss-reactive ketones (excluding diaryl/α,β-unsaturated/α-hetero) is 1. The Morgan fingerprint density at radius 1 is 0.972 bits per heavy atom. The molecule has 36 heavy (non-hydrogen) atoms. The zero-order valence-corrected chi connectivity index (χ0v) is 20.3. The number of aryl methyl sites for hydroxylation is 1. The van der Waals surface area contributed by atoms with Gasteiger partial charge in [0.2, 0.25) is 0 Å². The highest BCUT2D eigenvalue weighted by Gasteiger charge is 2.48. The molecule has 1 unspecified atom stereocenters. The van der Waals surface area contributed by atoms with E-state index in [0.29, 0.717) is 29.4 Å². The molecule has 0 bridgehead atoms. The lowest BCUT2D eigenvalue weighted by Crippen LogP contribution is -2.29. The first-order chi connectivity index (χ1) is 17.4. The minimum Gasteiger partial charge on any atom is -0.507 e. The fraction of sp³-hybridized carbons (Fsp3) is 0.172. The second-order valence-electron chi connectivity index (χ2n) is 8.54. The van der Waals surface area contributed by atoms with Crippen LogP contribution in [-0.2, 0) is 16.6 Å². The van der Waals surface area contributed by atoms with Crippen molar-refractivity contribution in [2.24, 2.45) is 7.05 Å². The number of ether oxygens (including phenoxy) is 2. The smallest absolute Gasteiger partial charge is 0.300 e. The number of fused-ring (bicyclic) bond motifs is 1. The summed E-state index contributed by atoms with van der Waals surface area (Å²) >= 11 is 0. The third-order valence-electron chi connectivity index (χ3n) is 6.44. The van der Waals surface area contributed by atoms with E-state index in [1.165, 1.54) is 4.90 Å². The molecule has 7 nitrogen and oxygen atoms in total. The van der Waals surface area contributed by atoms with Crippen LogP contribution in [0.4, 0.5) is 5.69 Å². The average molecular weight is 483 g/mol. The summed E-state index contributed by atoms with van der Waals surface area (Å²) in [6, 6.07) is 20.7. The Balaban J connectivity index is 1.75. The maximum absolute atomic E-state index is 13.5. The number of carbonyl (C=O) groups excluding carboxylic acids is 2. The molecule has 1 fully saturated rings. The van der Waals surface area contributed by atoms with E-state index in [1.54, 1.807) is 55.6 Å². The SMILES string of the molecule is CCOc1ccc(/C(O)=C2\C(=O)C(=O)N(c3cccc(OC)c3)C2c2cn(C)c3ccccc23)cc1. The number of nitrogens with zero attached hydrogens (tertiary/aromatic N) is 2. The number of amides is 1. The van der Waals surface area contributed by atoms with Gasteiger partial charge in [-0.2, -0.15) is 0 Å². The number of aromatic nitrogens is 1. The van der Waals surface area contributed by atoms with Crippen molar-refractivity contribution in [3.8, 4) is 11.5 Å². The molecule has 4 aromatic rings. The predicted molar refractivity (Wildman–Crippen MR) is 138 cm³/mol. The van der Waals surface area contributed by atoms with E-state index in [4.69, 9.17) is 9.47 Å². The van der Waals surface area contributed by atoms with Gasteiger partial charge in [0.25, 0.3) is 11.7 Å². The number of ketones is 1. The third-order valence-corrected chi connectivity index (χ3v) is 6.44. The van der Waals surface area contributed by atoms with Crippen LogP contribution < -0.4 is 14.4 Å². The molecular weight excluding hydrogens is 456 g/mol. The number of methoxy groups -OCH3 is 1. The molecule has 1 N–H and O–H groups in total. The molecule has 1 aliphatic rings. The number of benzene rings is 3. The molecule has 182 valence electrons. The van der Waals surface area contributed by atoms with Crippen LogP contribution in [0.25, 0.3) is 16.7 Å². The number of rotatable bonds is 6. The summed E-state index contributed by atoms with van der Waals surface area (Å²) in [6.45, 7) is 2.40. The summed E-state index contributed by atoms with van der Waals surface area (Å²) in [5, 5.41) is 12.3. The molecule has 7 heteroatoms. The lowest BCUT2D eigenvalue weighted by atomic mass is 9.94. The fourth-order valence-electron chi connectivity index (χ4n) is 4.78. The summed E-state index contributed by atoms with van der Waals surface area (Å²) in [5.41, 5.74) is 2.64. The Morgan fingerprint density at radius 3 is 2.44 bits per heavy atom. The van der Waals surface area contributed by atoms with Crippen LogP contribution in [0.2, 0.25) is 0 Å². The fourth-order valence-corrected chi connectivity index (χ4v) is 4.78. The van der Waals surface area contributed by atoms with E-state index >= 15 is 0 Å². The van der Waals surface area contributed by atoms with Gasteiger partial charge in [0.05, 0.1) is 25.3 Å². The van der Waals surface area contributed by atoms with Crippen molar-refractivity contribution < 1.29 is 24.2 Å². The van der Waals surface area contributed by atoms with Crippen LogP contribution in [0.5, 0.6) is 11.5 Å².